The molecule has 0 aliphatic carbocycles. The average molecular weight is 595 g/mol. The Hall–Kier alpha value is -4.25. The minimum absolute atomic E-state index is 0. The molecule has 0 saturated carbocycles. The van der Waals surface area contributed by atoms with E-state index in [1.54, 1.807) is 34.6 Å². The van der Waals surface area contributed by atoms with E-state index in [0.29, 0.717) is 35.1 Å². The van der Waals surface area contributed by atoms with Crippen molar-refractivity contribution >= 4 is 34.0 Å². The molecule has 0 bridgehead atoms. The van der Waals surface area contributed by atoms with E-state index in [1.807, 2.05) is 54.6 Å². The van der Waals surface area contributed by atoms with Crippen LogP contribution in [0.25, 0.3) is 32.5 Å². The van der Waals surface area contributed by atoms with Gasteiger partial charge in [-0.2, -0.15) is 4.37 Å². The van der Waals surface area contributed by atoms with Crippen molar-refractivity contribution in [1.29, 1.82) is 0 Å². The van der Waals surface area contributed by atoms with Gasteiger partial charge in [0.05, 0.1) is 39.0 Å². The largest absolute Gasteiger partial charge is 1.00 e. The molecule has 9 nitrogen and oxygen atoms in total. The number of aromatic nitrogens is 2. The maximum absolute atomic E-state index is 13.2. The van der Waals surface area contributed by atoms with Crippen LogP contribution in [0.3, 0.4) is 0 Å². The van der Waals surface area contributed by atoms with Gasteiger partial charge in [-0.15, -0.1) is 0 Å². The van der Waals surface area contributed by atoms with Gasteiger partial charge in [0.25, 0.3) is 5.91 Å². The lowest BCUT2D eigenvalue weighted by Gasteiger charge is -2.15. The zero-order valence-corrected chi connectivity index (χ0v) is 24.7. The van der Waals surface area contributed by atoms with Crippen molar-refractivity contribution in [2.75, 3.05) is 33.8 Å². The van der Waals surface area contributed by atoms with Gasteiger partial charge >= 0.3 is 0 Å². The molecule has 0 aliphatic rings. The Morgan fingerprint density at radius 3 is 2.29 bits per heavy atom. The topological polar surface area (TPSA) is 122 Å². The number of anilines is 1. The summed E-state index contributed by atoms with van der Waals surface area (Å²) in [6.07, 6.45) is 2.28. The second-order valence-electron chi connectivity index (χ2n) is 9.17. The summed E-state index contributed by atoms with van der Waals surface area (Å²) in [4.78, 5) is 17.5. The summed E-state index contributed by atoms with van der Waals surface area (Å²) in [6.45, 7) is 0. The molecule has 0 unspecified atom stereocenters. The number of ether oxygens (including phenoxy) is 4. The molecule has 214 valence electrons. The van der Waals surface area contributed by atoms with Gasteiger partial charge in [0.15, 0.2) is 17.5 Å². The molecule has 1 atom stereocenters. The molecule has 11 heteroatoms. The minimum Gasteiger partial charge on any atom is -1.00 e. The number of hydrogen-bond donors (Lipinski definition) is 3. The second kappa shape index (κ2) is 12.9. The van der Waals surface area contributed by atoms with Gasteiger partial charge in [0, 0.05) is 35.0 Å². The van der Waals surface area contributed by atoms with E-state index in [9.17, 15) is 4.79 Å². The van der Waals surface area contributed by atoms with Gasteiger partial charge in [-0.1, -0.05) is 24.3 Å². The van der Waals surface area contributed by atoms with Gasteiger partial charge in [0.2, 0.25) is 5.75 Å². The number of H-pyrrole nitrogens is 1. The minimum atomic E-state index is -0.515. The molecular formula is C30H31ClN4O5S. The molecule has 5 rings (SSSR count). The Morgan fingerprint density at radius 1 is 0.927 bits per heavy atom. The highest BCUT2D eigenvalue weighted by atomic mass is 35.5. The molecule has 0 fully saturated rings. The van der Waals surface area contributed by atoms with Gasteiger partial charge in [-0.05, 0) is 58.9 Å². The van der Waals surface area contributed by atoms with Crippen LogP contribution in [-0.2, 0) is 11.2 Å². The number of nitrogens with one attached hydrogen (secondary N) is 2. The lowest BCUT2D eigenvalue weighted by atomic mass is 10.0. The monoisotopic (exact) mass is 594 g/mol. The van der Waals surface area contributed by atoms with E-state index in [0.717, 1.165) is 38.2 Å². The summed E-state index contributed by atoms with van der Waals surface area (Å²) in [5.41, 5.74) is 9.28. The highest BCUT2D eigenvalue weighted by molar-refractivity contribution is 7.10. The highest BCUT2D eigenvalue weighted by Gasteiger charge is 2.22. The molecule has 0 radical (unpaired) electrons. The molecular weight excluding hydrogens is 564 g/mol. The number of methoxy groups -OCH3 is 4. The first-order chi connectivity index (χ1) is 19.4. The number of amides is 1. The Kier molecular flexibility index (Phi) is 9.38. The fourth-order valence-corrected chi connectivity index (χ4v) is 5.43. The predicted octanol–water partition coefficient (Wildman–Crippen LogP) is 1.79. The molecule has 2 aromatic heterocycles. The lowest BCUT2D eigenvalue weighted by molar-refractivity contribution is -0.402. The van der Waals surface area contributed by atoms with Crippen LogP contribution in [-0.4, -0.2) is 49.7 Å². The Bertz CT molecular complexity index is 1610. The summed E-state index contributed by atoms with van der Waals surface area (Å²) < 4.78 is 26.6. The number of fused-ring (bicyclic) bond motifs is 1. The van der Waals surface area contributed by atoms with Crippen molar-refractivity contribution in [3.05, 3.63) is 72.6 Å². The fraction of sp³-hybridized carbons (Fsp3) is 0.200. The van der Waals surface area contributed by atoms with Gasteiger partial charge in [0.1, 0.15) is 5.75 Å². The highest BCUT2D eigenvalue weighted by Crippen LogP contribution is 2.45. The summed E-state index contributed by atoms with van der Waals surface area (Å²) in [7, 11) is 6.31. The van der Waals surface area contributed by atoms with Crippen molar-refractivity contribution in [3.63, 3.8) is 0 Å². The first-order valence-corrected chi connectivity index (χ1v) is 13.4. The number of rotatable bonds is 10. The van der Waals surface area contributed by atoms with E-state index in [4.69, 9.17) is 18.9 Å². The maximum atomic E-state index is 13.2. The Labute approximate surface area is 248 Å². The third kappa shape index (κ3) is 6.09. The van der Waals surface area contributed by atoms with Gasteiger partial charge in [-0.25, -0.2) is 0 Å². The maximum Gasteiger partial charge on any atom is 0.283 e. The van der Waals surface area contributed by atoms with Crippen LogP contribution in [0.4, 0.5) is 5.69 Å². The normalized spacial score (nSPS) is 11.4. The van der Waals surface area contributed by atoms with Crippen molar-refractivity contribution in [3.8, 4) is 44.6 Å². The van der Waals surface area contributed by atoms with Crippen LogP contribution < -0.4 is 42.4 Å². The third-order valence-corrected chi connectivity index (χ3v) is 7.54. The zero-order valence-electron chi connectivity index (χ0n) is 23.1. The molecule has 3 aromatic carbocycles. The molecule has 0 aliphatic heterocycles. The average Bonchev–Trinajstić information content (AvgIpc) is 3.63. The van der Waals surface area contributed by atoms with E-state index in [-0.39, 0.29) is 18.3 Å². The van der Waals surface area contributed by atoms with Crippen molar-refractivity contribution in [1.82, 2.24) is 9.36 Å². The lowest BCUT2D eigenvalue weighted by Crippen LogP contribution is -3.00. The summed E-state index contributed by atoms with van der Waals surface area (Å²) in [5, 5.41) is 4.12. The van der Waals surface area contributed by atoms with Crippen LogP contribution in [0.5, 0.6) is 23.0 Å². The number of para-hydroxylation sites is 1. The smallest absolute Gasteiger partial charge is 0.283 e. The molecule has 2 heterocycles. The molecule has 5 N–H and O–H groups in total. The number of quaternary nitrogens is 1. The third-order valence-electron chi connectivity index (χ3n) is 6.69. The number of carbonyl (C=O) groups is 1. The van der Waals surface area contributed by atoms with E-state index < -0.39 is 6.04 Å². The number of aromatic amines is 1. The van der Waals surface area contributed by atoms with E-state index in [2.05, 4.69) is 26.5 Å². The standard InChI is InChI=1S/C30H30N4O5S.ClH/c1-36-25-10-9-17(21-16-32-40-29(21)19-13-26(37-2)28(39-4)27(14-19)38-3)12-24(25)34-30(35)22(31)15-20-11-18-7-5-6-8-23(18)33-20;/h5-14,16,22,33H,15,31H2,1-4H3,(H,34,35);1H/t22-;/m1./s1. The first kappa shape index (κ1) is 29.7. The number of carbonyl (C=O) groups excluding carboxylic acids is 1. The zero-order chi connectivity index (χ0) is 28.2. The summed E-state index contributed by atoms with van der Waals surface area (Å²) in [6, 6.07) is 19.0. The molecule has 5 aromatic rings. The van der Waals surface area contributed by atoms with Crippen LogP contribution in [0.2, 0.25) is 0 Å². The van der Waals surface area contributed by atoms with Crippen LogP contribution in [0, 0.1) is 0 Å². The van der Waals surface area contributed by atoms with E-state index >= 15 is 0 Å². The predicted molar refractivity (Wildman–Crippen MR) is 157 cm³/mol. The summed E-state index contributed by atoms with van der Waals surface area (Å²) >= 11 is 1.35. The molecule has 0 spiro atoms. The summed E-state index contributed by atoms with van der Waals surface area (Å²) in [5.74, 6) is 1.96. The Balaban J connectivity index is 0.00000387. The van der Waals surface area contributed by atoms with Gasteiger partial charge in [-0.3, -0.25) is 4.79 Å². The SMILES string of the molecule is COc1ccc(-c2cnsc2-c2cc(OC)c(OC)c(OC)c2)cc1NC(=O)[C@H]([NH3+])Cc1cc2ccccc2[nH]1.[Cl-]. The Morgan fingerprint density at radius 2 is 1.63 bits per heavy atom. The van der Waals surface area contributed by atoms with Gasteiger partial charge < -0.3 is 47.4 Å². The van der Waals surface area contributed by atoms with Crippen LogP contribution >= 0.6 is 11.5 Å². The van der Waals surface area contributed by atoms with Crippen LogP contribution in [0.1, 0.15) is 5.69 Å². The van der Waals surface area contributed by atoms with Crippen molar-refractivity contribution in [2.45, 2.75) is 12.5 Å². The molecule has 1 amide bonds. The second-order valence-corrected chi connectivity index (χ2v) is 9.97. The van der Waals surface area contributed by atoms with E-state index in [1.165, 1.54) is 11.5 Å². The van der Waals surface area contributed by atoms with Crippen molar-refractivity contribution < 1.29 is 41.9 Å². The van der Waals surface area contributed by atoms with Crippen molar-refractivity contribution in [2.24, 2.45) is 0 Å². The quantitative estimate of drug-likeness (QED) is 0.227. The first-order valence-electron chi connectivity index (χ1n) is 12.6. The van der Waals surface area contributed by atoms with Crippen LogP contribution in [0.15, 0.2) is 66.9 Å². The number of halogens is 1. The molecule has 41 heavy (non-hydrogen) atoms. The number of hydrogen-bond acceptors (Lipinski definition) is 7. The number of nitrogens with zero attached hydrogens (tertiary/aromatic N) is 1. The number of benzene rings is 3. The molecule has 0 saturated heterocycles. The fourth-order valence-electron chi connectivity index (χ4n) is 4.68.